The molecule has 2 N–H and O–H groups in total. The number of rotatable bonds is 2. The van der Waals surface area contributed by atoms with Crippen LogP contribution in [0.25, 0.3) is 33.2 Å². The lowest BCUT2D eigenvalue weighted by Gasteiger charge is -2.13. The molecule has 4 nitrogen and oxygen atoms in total. The number of hydrogen-bond donors (Lipinski definition) is 2. The molecule has 0 radical (unpaired) electrons. The summed E-state index contributed by atoms with van der Waals surface area (Å²) in [7, 11) is 0. The van der Waals surface area contributed by atoms with E-state index >= 15 is 0 Å². The molecule has 3 aromatic carbocycles. The minimum absolute atomic E-state index is 0.140. The molecule has 0 aliphatic rings. The maximum absolute atomic E-state index is 12.7. The average Bonchev–Trinajstić information content (AvgIpc) is 2.61. The van der Waals surface area contributed by atoms with Crippen molar-refractivity contribution < 1.29 is 14.6 Å². The van der Waals surface area contributed by atoms with Crippen molar-refractivity contribution in [2.75, 3.05) is 0 Å². The standard InChI is InChI=1S/C21H14O4/c22-15-11-16(23)20-17(12-15)25-21(24)19(14-9-5-2-6-10-14)18(20)13-7-3-1-4-8-13/h1-12,22-23H. The van der Waals surface area contributed by atoms with E-state index in [0.717, 1.165) is 5.56 Å². The second kappa shape index (κ2) is 5.83. The number of fused-ring (bicyclic) bond motifs is 1. The van der Waals surface area contributed by atoms with E-state index in [4.69, 9.17) is 4.42 Å². The van der Waals surface area contributed by atoms with Gasteiger partial charge in [-0.3, -0.25) is 0 Å². The number of aromatic hydroxyl groups is 2. The van der Waals surface area contributed by atoms with Crippen molar-refractivity contribution in [1.82, 2.24) is 0 Å². The van der Waals surface area contributed by atoms with Gasteiger partial charge in [-0.05, 0) is 11.1 Å². The lowest BCUT2D eigenvalue weighted by Crippen LogP contribution is -2.06. The molecule has 0 fully saturated rings. The molecule has 1 aromatic heterocycles. The van der Waals surface area contributed by atoms with Crippen molar-refractivity contribution >= 4 is 11.0 Å². The molecule has 122 valence electrons. The molecule has 25 heavy (non-hydrogen) atoms. The summed E-state index contributed by atoms with van der Waals surface area (Å²) in [6.45, 7) is 0. The Kier molecular flexibility index (Phi) is 3.51. The van der Waals surface area contributed by atoms with Crippen LogP contribution in [0.1, 0.15) is 0 Å². The summed E-state index contributed by atoms with van der Waals surface area (Å²) in [5.74, 6) is -0.311. The van der Waals surface area contributed by atoms with E-state index in [2.05, 4.69) is 0 Å². The highest BCUT2D eigenvalue weighted by atomic mass is 16.4. The Balaban J connectivity index is 2.22. The zero-order valence-corrected chi connectivity index (χ0v) is 13.1. The summed E-state index contributed by atoms with van der Waals surface area (Å²) >= 11 is 0. The normalized spacial score (nSPS) is 10.9. The fourth-order valence-corrected chi connectivity index (χ4v) is 3.06. The Labute approximate surface area is 143 Å². The minimum Gasteiger partial charge on any atom is -0.508 e. The Morgan fingerprint density at radius 2 is 1.28 bits per heavy atom. The maximum atomic E-state index is 12.7. The second-order valence-electron chi connectivity index (χ2n) is 5.71. The van der Waals surface area contributed by atoms with Gasteiger partial charge < -0.3 is 14.6 Å². The van der Waals surface area contributed by atoms with Crippen LogP contribution < -0.4 is 5.63 Å². The van der Waals surface area contributed by atoms with Gasteiger partial charge in [0.1, 0.15) is 17.1 Å². The molecule has 0 atom stereocenters. The van der Waals surface area contributed by atoms with Gasteiger partial charge in [0.25, 0.3) is 0 Å². The van der Waals surface area contributed by atoms with Crippen molar-refractivity contribution in [3.63, 3.8) is 0 Å². The van der Waals surface area contributed by atoms with Crippen LogP contribution in [0.4, 0.5) is 0 Å². The zero-order chi connectivity index (χ0) is 17.4. The van der Waals surface area contributed by atoms with E-state index in [1.54, 1.807) is 0 Å². The van der Waals surface area contributed by atoms with Crippen molar-refractivity contribution in [2.24, 2.45) is 0 Å². The van der Waals surface area contributed by atoms with E-state index in [1.807, 2.05) is 60.7 Å². The number of hydrogen-bond acceptors (Lipinski definition) is 4. The Bertz CT molecular complexity index is 1110. The molecular formula is C21H14O4. The molecule has 0 aliphatic heterocycles. The highest BCUT2D eigenvalue weighted by Crippen LogP contribution is 2.41. The molecule has 4 rings (SSSR count). The third kappa shape index (κ3) is 2.54. The molecule has 4 heteroatoms. The van der Waals surface area contributed by atoms with Gasteiger partial charge in [0.05, 0.1) is 10.9 Å². The summed E-state index contributed by atoms with van der Waals surface area (Å²) < 4.78 is 5.40. The molecule has 0 aliphatic carbocycles. The molecule has 4 aromatic rings. The van der Waals surface area contributed by atoms with Crippen LogP contribution in [0.15, 0.2) is 82.0 Å². The van der Waals surface area contributed by atoms with Crippen LogP contribution in [-0.2, 0) is 0 Å². The first kappa shape index (κ1) is 15.0. The molecular weight excluding hydrogens is 316 g/mol. The Hall–Kier alpha value is -3.53. The Morgan fingerprint density at radius 1 is 0.720 bits per heavy atom. The Morgan fingerprint density at radius 3 is 1.88 bits per heavy atom. The summed E-state index contributed by atoms with van der Waals surface area (Å²) in [5.41, 5.74) is 2.05. The van der Waals surface area contributed by atoms with E-state index in [-0.39, 0.29) is 17.1 Å². The first-order valence-electron chi connectivity index (χ1n) is 7.79. The SMILES string of the molecule is O=c1oc2cc(O)cc(O)c2c(-c2ccccc2)c1-c1ccccc1. The van der Waals surface area contributed by atoms with E-state index in [0.29, 0.717) is 22.1 Å². The van der Waals surface area contributed by atoms with Crippen LogP contribution in [-0.4, -0.2) is 10.2 Å². The quantitative estimate of drug-likeness (QED) is 0.529. The van der Waals surface area contributed by atoms with Crippen molar-refractivity contribution in [2.45, 2.75) is 0 Å². The number of benzene rings is 3. The lowest BCUT2D eigenvalue weighted by atomic mass is 9.92. The summed E-state index contributed by atoms with van der Waals surface area (Å²) in [6.07, 6.45) is 0. The van der Waals surface area contributed by atoms with Crippen molar-refractivity contribution in [3.05, 3.63) is 83.2 Å². The van der Waals surface area contributed by atoms with E-state index in [1.165, 1.54) is 12.1 Å². The van der Waals surface area contributed by atoms with Gasteiger partial charge in [-0.25, -0.2) is 4.79 Å². The number of phenols is 2. The van der Waals surface area contributed by atoms with Gasteiger partial charge >= 0.3 is 5.63 Å². The molecule has 0 unspecified atom stereocenters. The van der Waals surface area contributed by atoms with Crippen LogP contribution in [0.5, 0.6) is 11.5 Å². The van der Waals surface area contributed by atoms with Crippen LogP contribution in [0.2, 0.25) is 0 Å². The second-order valence-corrected chi connectivity index (χ2v) is 5.71. The third-order valence-corrected chi connectivity index (χ3v) is 4.10. The zero-order valence-electron chi connectivity index (χ0n) is 13.1. The van der Waals surface area contributed by atoms with Gasteiger partial charge in [0, 0.05) is 17.7 Å². The van der Waals surface area contributed by atoms with Gasteiger partial charge in [-0.15, -0.1) is 0 Å². The fourth-order valence-electron chi connectivity index (χ4n) is 3.06. The van der Waals surface area contributed by atoms with E-state index < -0.39 is 5.63 Å². The first-order chi connectivity index (χ1) is 12.1. The largest absolute Gasteiger partial charge is 0.508 e. The molecule has 1 heterocycles. The maximum Gasteiger partial charge on any atom is 0.344 e. The summed E-state index contributed by atoms with van der Waals surface area (Å²) in [6, 6.07) is 21.1. The smallest absolute Gasteiger partial charge is 0.344 e. The minimum atomic E-state index is -0.525. The third-order valence-electron chi connectivity index (χ3n) is 4.10. The van der Waals surface area contributed by atoms with Crippen LogP contribution in [0.3, 0.4) is 0 Å². The van der Waals surface area contributed by atoms with E-state index in [9.17, 15) is 15.0 Å². The van der Waals surface area contributed by atoms with Crippen LogP contribution >= 0.6 is 0 Å². The fraction of sp³-hybridized carbons (Fsp3) is 0. The predicted molar refractivity (Wildman–Crippen MR) is 96.7 cm³/mol. The van der Waals surface area contributed by atoms with Crippen LogP contribution in [0, 0.1) is 0 Å². The summed E-state index contributed by atoms with van der Waals surface area (Å²) in [5, 5.41) is 20.6. The molecule has 0 spiro atoms. The molecule has 0 saturated heterocycles. The summed E-state index contributed by atoms with van der Waals surface area (Å²) in [4.78, 5) is 12.7. The monoisotopic (exact) mass is 330 g/mol. The predicted octanol–water partition coefficient (Wildman–Crippen LogP) is 4.54. The highest BCUT2D eigenvalue weighted by Gasteiger charge is 2.20. The molecule has 0 saturated carbocycles. The first-order valence-corrected chi connectivity index (χ1v) is 7.79. The van der Waals surface area contributed by atoms with Crippen molar-refractivity contribution in [1.29, 1.82) is 0 Å². The van der Waals surface area contributed by atoms with Crippen molar-refractivity contribution in [3.8, 4) is 33.8 Å². The van der Waals surface area contributed by atoms with Gasteiger partial charge in [0.2, 0.25) is 0 Å². The van der Waals surface area contributed by atoms with Gasteiger partial charge in [0.15, 0.2) is 0 Å². The topological polar surface area (TPSA) is 70.7 Å². The lowest BCUT2D eigenvalue weighted by molar-refractivity contribution is 0.451. The molecule has 0 bridgehead atoms. The highest BCUT2D eigenvalue weighted by molar-refractivity contribution is 6.04. The molecule has 0 amide bonds. The van der Waals surface area contributed by atoms with Gasteiger partial charge in [-0.2, -0.15) is 0 Å². The number of phenolic OH excluding ortho intramolecular Hbond substituents is 2. The average molecular weight is 330 g/mol. The van der Waals surface area contributed by atoms with Gasteiger partial charge in [-0.1, -0.05) is 60.7 Å².